The number of esters is 2. The molecule has 0 fully saturated rings. The fourth-order valence-corrected chi connectivity index (χ4v) is 6.19. The predicted molar refractivity (Wildman–Crippen MR) is 204 cm³/mol. The zero-order chi connectivity index (χ0) is 34.9. The van der Waals surface area contributed by atoms with Gasteiger partial charge in [-0.1, -0.05) is 169 Å². The molecule has 0 N–H and O–H groups in total. The van der Waals surface area contributed by atoms with Crippen LogP contribution in [0.2, 0.25) is 0 Å². The van der Waals surface area contributed by atoms with E-state index in [1.807, 2.05) is 0 Å². The highest BCUT2D eigenvalue weighted by atomic mass is 16.5. The molecule has 6 heteroatoms. The topological polar surface area (TPSA) is 59.1 Å². The first-order chi connectivity index (χ1) is 23.5. The normalized spacial score (nSPS) is 11.5. The monoisotopic (exact) mass is 673 g/mol. The average Bonchev–Trinajstić information content (AvgIpc) is 3.11. The number of carbonyl (C=O) groups is 2. The van der Waals surface area contributed by atoms with Crippen LogP contribution in [-0.2, 0) is 9.47 Å². The highest BCUT2D eigenvalue weighted by Crippen LogP contribution is 2.14. The van der Waals surface area contributed by atoms with Crippen molar-refractivity contribution in [3.8, 4) is 0 Å². The fourth-order valence-electron chi connectivity index (χ4n) is 6.19. The molecule has 0 saturated carbocycles. The largest absolute Gasteiger partial charge is 0.446 e. The molecule has 1 rings (SSSR count). The van der Waals surface area contributed by atoms with Crippen molar-refractivity contribution in [2.24, 2.45) is 0 Å². The van der Waals surface area contributed by atoms with Crippen LogP contribution in [0.25, 0.3) is 0 Å². The molecule has 0 saturated heterocycles. The second kappa shape index (κ2) is 32.3. The van der Waals surface area contributed by atoms with E-state index in [1.165, 1.54) is 141 Å². The van der Waals surface area contributed by atoms with E-state index in [4.69, 9.17) is 9.47 Å². The molecule has 0 aliphatic rings. The molecule has 6 nitrogen and oxygen atoms in total. The van der Waals surface area contributed by atoms with Crippen LogP contribution < -0.4 is 0 Å². The maximum atomic E-state index is 12.7. The molecule has 0 amide bonds. The van der Waals surface area contributed by atoms with Gasteiger partial charge in [0.15, 0.2) is 0 Å². The molecule has 0 aliphatic heterocycles. The van der Waals surface area contributed by atoms with Crippen molar-refractivity contribution in [1.82, 2.24) is 9.80 Å². The van der Waals surface area contributed by atoms with Crippen molar-refractivity contribution >= 4 is 11.9 Å². The first-order valence-electron chi connectivity index (χ1n) is 20.4. The van der Waals surface area contributed by atoms with Gasteiger partial charge in [0.1, 0.15) is 13.5 Å². The number of carbonyl (C=O) groups excluding carboxylic acids is 2. The summed E-state index contributed by atoms with van der Waals surface area (Å²) in [6.45, 7) is 12.9. The summed E-state index contributed by atoms with van der Waals surface area (Å²) < 4.78 is 11.2. The van der Waals surface area contributed by atoms with Gasteiger partial charge < -0.3 is 9.47 Å². The first-order valence-corrected chi connectivity index (χ1v) is 20.4. The van der Waals surface area contributed by atoms with E-state index in [-0.39, 0.29) is 11.9 Å². The Morgan fingerprint density at radius 2 is 0.667 bits per heavy atom. The Balaban J connectivity index is 2.16. The molecule has 0 heterocycles. The van der Waals surface area contributed by atoms with Gasteiger partial charge >= 0.3 is 11.9 Å². The molecular formula is C42H76N2O4. The summed E-state index contributed by atoms with van der Waals surface area (Å²) in [5, 5.41) is 0. The standard InChI is InChI=1S/C42H76N2O4/c1-5-9-11-13-15-17-19-21-23-25-27-29-35-43(7-3)37-47-41(45)39-31-33-40(34-32-39)42(46)48-38-44(8-4)36-30-28-26-24-22-20-18-16-14-12-10-6-2/h31-34H,5-30,35-38H2,1-4H3. The minimum atomic E-state index is -0.359. The number of rotatable bonds is 34. The lowest BCUT2D eigenvalue weighted by atomic mass is 10.1. The van der Waals surface area contributed by atoms with Gasteiger partial charge in [-0.3, -0.25) is 9.80 Å². The summed E-state index contributed by atoms with van der Waals surface area (Å²) in [6, 6.07) is 6.63. The molecule has 0 unspecified atom stereocenters. The van der Waals surface area contributed by atoms with Crippen LogP contribution in [0, 0.1) is 0 Å². The van der Waals surface area contributed by atoms with E-state index in [9.17, 15) is 9.59 Å². The number of unbranched alkanes of at least 4 members (excludes halogenated alkanes) is 22. The van der Waals surface area contributed by atoms with E-state index >= 15 is 0 Å². The van der Waals surface area contributed by atoms with Crippen LogP contribution in [0.5, 0.6) is 0 Å². The quantitative estimate of drug-likeness (QED) is 0.0412. The lowest BCUT2D eigenvalue weighted by molar-refractivity contribution is 0.0211. The summed E-state index contributed by atoms with van der Waals surface area (Å²) in [5.74, 6) is -0.717. The Hall–Kier alpha value is -1.92. The van der Waals surface area contributed by atoms with E-state index in [2.05, 4.69) is 37.5 Å². The Labute approximate surface area is 297 Å². The third kappa shape index (κ3) is 24.3. The Morgan fingerprint density at radius 3 is 0.917 bits per heavy atom. The molecule has 0 atom stereocenters. The average molecular weight is 673 g/mol. The van der Waals surface area contributed by atoms with E-state index in [0.29, 0.717) is 24.6 Å². The van der Waals surface area contributed by atoms with E-state index < -0.39 is 0 Å². The van der Waals surface area contributed by atoms with Crippen molar-refractivity contribution in [3.63, 3.8) is 0 Å². The van der Waals surface area contributed by atoms with Crippen molar-refractivity contribution in [2.75, 3.05) is 39.6 Å². The second-order valence-electron chi connectivity index (χ2n) is 13.9. The molecule has 0 bridgehead atoms. The lowest BCUT2D eigenvalue weighted by Crippen LogP contribution is -2.29. The summed E-state index contributed by atoms with van der Waals surface area (Å²) in [5.41, 5.74) is 0.908. The van der Waals surface area contributed by atoms with Crippen molar-refractivity contribution in [2.45, 2.75) is 182 Å². The van der Waals surface area contributed by atoms with Crippen LogP contribution in [0.15, 0.2) is 24.3 Å². The Bertz CT molecular complexity index is 804. The molecule has 0 aromatic heterocycles. The van der Waals surface area contributed by atoms with Gasteiger partial charge in [-0.15, -0.1) is 0 Å². The summed E-state index contributed by atoms with van der Waals surface area (Å²) in [4.78, 5) is 29.7. The van der Waals surface area contributed by atoms with Crippen LogP contribution in [0.4, 0.5) is 0 Å². The molecule has 1 aromatic rings. The van der Waals surface area contributed by atoms with Gasteiger partial charge in [-0.05, 0) is 50.2 Å². The molecule has 0 radical (unpaired) electrons. The maximum Gasteiger partial charge on any atom is 0.339 e. The minimum absolute atomic E-state index is 0.295. The zero-order valence-corrected chi connectivity index (χ0v) is 32.1. The molecule has 278 valence electrons. The van der Waals surface area contributed by atoms with Crippen LogP contribution in [-0.4, -0.2) is 61.4 Å². The van der Waals surface area contributed by atoms with E-state index in [1.54, 1.807) is 24.3 Å². The second-order valence-corrected chi connectivity index (χ2v) is 13.9. The van der Waals surface area contributed by atoms with Crippen molar-refractivity contribution in [3.05, 3.63) is 35.4 Å². The minimum Gasteiger partial charge on any atom is -0.446 e. The predicted octanol–water partition coefficient (Wildman–Crippen LogP) is 12.0. The van der Waals surface area contributed by atoms with Gasteiger partial charge in [-0.2, -0.15) is 0 Å². The molecule has 1 aromatic carbocycles. The maximum absolute atomic E-state index is 12.7. The Morgan fingerprint density at radius 1 is 0.417 bits per heavy atom. The van der Waals surface area contributed by atoms with Gasteiger partial charge in [0.2, 0.25) is 0 Å². The number of benzene rings is 1. The highest BCUT2D eigenvalue weighted by molar-refractivity contribution is 5.93. The Kier molecular flexibility index (Phi) is 29.7. The molecular weight excluding hydrogens is 596 g/mol. The fraction of sp³-hybridized carbons (Fsp3) is 0.810. The number of ether oxygens (including phenoxy) is 2. The summed E-state index contributed by atoms with van der Waals surface area (Å²) in [7, 11) is 0. The zero-order valence-electron chi connectivity index (χ0n) is 32.1. The summed E-state index contributed by atoms with van der Waals surface area (Å²) >= 11 is 0. The van der Waals surface area contributed by atoms with Crippen LogP contribution in [0.3, 0.4) is 0 Å². The van der Waals surface area contributed by atoms with Crippen LogP contribution >= 0.6 is 0 Å². The van der Waals surface area contributed by atoms with Gasteiger partial charge in [0.05, 0.1) is 11.1 Å². The number of nitrogens with zero attached hydrogens (tertiary/aromatic N) is 2. The molecule has 0 aliphatic carbocycles. The van der Waals surface area contributed by atoms with Gasteiger partial charge in [0, 0.05) is 13.1 Å². The smallest absolute Gasteiger partial charge is 0.339 e. The summed E-state index contributed by atoms with van der Waals surface area (Å²) in [6.07, 6.45) is 32.1. The third-order valence-electron chi connectivity index (χ3n) is 9.66. The van der Waals surface area contributed by atoms with Crippen LogP contribution in [0.1, 0.15) is 203 Å². The SMILES string of the molecule is CCCCCCCCCCCCCCN(CC)COC(=O)c1ccc(C(=O)OCN(CC)CCCCCCCCCCCCCC)cc1. The number of hydrogen-bond acceptors (Lipinski definition) is 6. The number of hydrogen-bond donors (Lipinski definition) is 0. The van der Waals surface area contributed by atoms with Gasteiger partial charge in [-0.25, -0.2) is 9.59 Å². The molecule has 0 spiro atoms. The van der Waals surface area contributed by atoms with Crippen molar-refractivity contribution in [1.29, 1.82) is 0 Å². The third-order valence-corrected chi connectivity index (χ3v) is 9.66. The van der Waals surface area contributed by atoms with Crippen molar-refractivity contribution < 1.29 is 19.1 Å². The lowest BCUT2D eigenvalue weighted by Gasteiger charge is -2.20. The van der Waals surface area contributed by atoms with Gasteiger partial charge in [0.25, 0.3) is 0 Å². The highest BCUT2D eigenvalue weighted by Gasteiger charge is 2.14. The first kappa shape index (κ1) is 44.1. The molecule has 48 heavy (non-hydrogen) atoms. The van der Waals surface area contributed by atoms with E-state index in [0.717, 1.165) is 39.0 Å².